The molecule has 3 amide bonds. The number of hydrogen-bond acceptors (Lipinski definition) is 6. The highest BCUT2D eigenvalue weighted by Gasteiger charge is 2.28. The molecule has 0 unspecified atom stereocenters. The lowest BCUT2D eigenvalue weighted by atomic mass is 10.3. The minimum Gasteiger partial charge on any atom is -0.451 e. The van der Waals surface area contributed by atoms with Gasteiger partial charge in [0.25, 0.3) is 5.91 Å². The van der Waals surface area contributed by atoms with Gasteiger partial charge < -0.3 is 10.1 Å². The number of carbonyl (C=O) groups is 3. The van der Waals surface area contributed by atoms with E-state index < -0.39 is 43.1 Å². The van der Waals surface area contributed by atoms with Crippen LogP contribution in [0.3, 0.4) is 0 Å². The molecule has 1 aromatic heterocycles. The summed E-state index contributed by atoms with van der Waals surface area (Å²) in [5, 5.41) is 3.42. The normalized spacial score (nSPS) is 11.1. The van der Waals surface area contributed by atoms with Crippen LogP contribution in [0.15, 0.2) is 35.6 Å². The number of alkyl halides is 3. The summed E-state index contributed by atoms with van der Waals surface area (Å²) in [5.74, 6) is -2.59. The number of aromatic nitrogens is 2. The summed E-state index contributed by atoms with van der Waals surface area (Å²) in [7, 11) is 0. The molecule has 0 aliphatic heterocycles. The van der Waals surface area contributed by atoms with Crippen molar-refractivity contribution in [2.24, 2.45) is 0 Å². The summed E-state index contributed by atoms with van der Waals surface area (Å²) in [6, 6.07) is 3.80. The van der Waals surface area contributed by atoms with Crippen LogP contribution in [0.4, 0.5) is 22.4 Å². The number of ether oxygens (including phenoxy) is 1. The van der Waals surface area contributed by atoms with Crippen molar-refractivity contribution in [1.82, 2.24) is 20.2 Å². The van der Waals surface area contributed by atoms with Crippen LogP contribution in [0, 0.1) is 5.82 Å². The van der Waals surface area contributed by atoms with Gasteiger partial charge in [-0.1, -0.05) is 11.8 Å². The third-order valence-electron chi connectivity index (χ3n) is 3.24. The van der Waals surface area contributed by atoms with Crippen LogP contribution in [0.25, 0.3) is 5.69 Å². The number of halogens is 4. The van der Waals surface area contributed by atoms with E-state index in [0.29, 0.717) is 10.8 Å². The zero-order valence-electron chi connectivity index (χ0n) is 14.7. The number of rotatable bonds is 6. The first kappa shape index (κ1) is 22.2. The SMILES string of the molecule is CSc1ncc(C(=O)OCC(=O)NC(=O)NCC(F)(F)F)n1-c1ccc(F)cc1. The Morgan fingerprint density at radius 1 is 1.21 bits per heavy atom. The quantitative estimate of drug-likeness (QED) is 0.411. The van der Waals surface area contributed by atoms with Crippen molar-refractivity contribution in [1.29, 1.82) is 0 Å². The molecule has 0 bridgehead atoms. The first-order chi connectivity index (χ1) is 13.6. The van der Waals surface area contributed by atoms with Crippen molar-refractivity contribution in [2.75, 3.05) is 19.4 Å². The number of thioether (sulfide) groups is 1. The Hall–Kier alpha value is -3.09. The highest BCUT2D eigenvalue weighted by Crippen LogP contribution is 2.22. The van der Waals surface area contributed by atoms with Crippen LogP contribution in [0.2, 0.25) is 0 Å². The van der Waals surface area contributed by atoms with Gasteiger partial charge >= 0.3 is 18.2 Å². The van der Waals surface area contributed by atoms with Gasteiger partial charge in [-0.05, 0) is 30.5 Å². The van der Waals surface area contributed by atoms with Crippen LogP contribution in [-0.2, 0) is 9.53 Å². The molecular formula is C16H14F4N4O4S. The first-order valence-corrected chi connectivity index (χ1v) is 9.02. The molecular weight excluding hydrogens is 420 g/mol. The molecule has 29 heavy (non-hydrogen) atoms. The predicted molar refractivity (Wildman–Crippen MR) is 93.2 cm³/mol. The number of imidazole rings is 1. The number of benzene rings is 1. The predicted octanol–water partition coefficient (Wildman–Crippen LogP) is 2.28. The number of urea groups is 1. The Balaban J connectivity index is 2.01. The summed E-state index contributed by atoms with van der Waals surface area (Å²) in [6.45, 7) is -2.54. The fourth-order valence-electron chi connectivity index (χ4n) is 2.05. The topological polar surface area (TPSA) is 102 Å². The van der Waals surface area contributed by atoms with E-state index in [9.17, 15) is 31.9 Å². The minimum atomic E-state index is -4.64. The zero-order valence-corrected chi connectivity index (χ0v) is 15.6. The van der Waals surface area contributed by atoms with Crippen LogP contribution in [-0.4, -0.2) is 53.0 Å². The maximum atomic E-state index is 13.1. The smallest absolute Gasteiger partial charge is 0.405 e. The molecule has 0 spiro atoms. The van der Waals surface area contributed by atoms with E-state index in [1.165, 1.54) is 52.1 Å². The second-order valence-electron chi connectivity index (χ2n) is 5.36. The molecule has 156 valence electrons. The van der Waals surface area contributed by atoms with E-state index in [0.717, 1.165) is 0 Å². The molecule has 2 N–H and O–H groups in total. The Kier molecular flexibility index (Phi) is 7.20. The Bertz CT molecular complexity index is 899. The van der Waals surface area contributed by atoms with Crippen molar-refractivity contribution in [2.45, 2.75) is 11.3 Å². The van der Waals surface area contributed by atoms with E-state index >= 15 is 0 Å². The third-order valence-corrected chi connectivity index (χ3v) is 3.90. The summed E-state index contributed by atoms with van der Waals surface area (Å²) in [6.07, 6.45) is -1.75. The number of imide groups is 1. The molecule has 0 fully saturated rings. The minimum absolute atomic E-state index is 0.0738. The monoisotopic (exact) mass is 434 g/mol. The summed E-state index contributed by atoms with van der Waals surface area (Å²) in [5.41, 5.74) is 0.339. The fourth-order valence-corrected chi connectivity index (χ4v) is 2.60. The Morgan fingerprint density at radius 2 is 1.86 bits per heavy atom. The van der Waals surface area contributed by atoms with Crippen molar-refractivity contribution in [3.05, 3.63) is 42.0 Å². The molecule has 0 saturated carbocycles. The highest BCUT2D eigenvalue weighted by molar-refractivity contribution is 7.98. The number of nitrogens with zero attached hydrogens (tertiary/aromatic N) is 2. The van der Waals surface area contributed by atoms with E-state index in [-0.39, 0.29) is 5.69 Å². The standard InChI is InChI=1S/C16H14F4N4O4S/c1-29-15-21-6-11(24(15)10-4-2-9(17)3-5-10)13(26)28-7-12(25)23-14(27)22-8-16(18,19)20/h2-6H,7-8H2,1H3,(H2,22,23,25,27). The van der Waals surface area contributed by atoms with Gasteiger partial charge in [0.2, 0.25) is 0 Å². The van der Waals surface area contributed by atoms with E-state index in [2.05, 4.69) is 4.98 Å². The van der Waals surface area contributed by atoms with Crippen LogP contribution < -0.4 is 10.6 Å². The van der Waals surface area contributed by atoms with Crippen LogP contribution in [0.1, 0.15) is 10.5 Å². The number of esters is 1. The average molecular weight is 434 g/mol. The van der Waals surface area contributed by atoms with Crippen molar-refractivity contribution in [3.8, 4) is 5.69 Å². The van der Waals surface area contributed by atoms with Gasteiger partial charge in [-0.25, -0.2) is 19.0 Å². The lowest BCUT2D eigenvalue weighted by Crippen LogP contribution is -2.44. The molecule has 0 aliphatic carbocycles. The lowest BCUT2D eigenvalue weighted by Gasteiger charge is -2.11. The molecule has 0 atom stereocenters. The van der Waals surface area contributed by atoms with Gasteiger partial charge in [0.15, 0.2) is 17.5 Å². The molecule has 13 heteroatoms. The van der Waals surface area contributed by atoms with Gasteiger partial charge in [-0.3, -0.25) is 14.7 Å². The second kappa shape index (κ2) is 9.41. The van der Waals surface area contributed by atoms with Crippen molar-refractivity contribution < 1.29 is 36.7 Å². The van der Waals surface area contributed by atoms with Gasteiger partial charge in [-0.2, -0.15) is 13.2 Å². The van der Waals surface area contributed by atoms with E-state index in [4.69, 9.17) is 4.74 Å². The largest absolute Gasteiger partial charge is 0.451 e. The summed E-state index contributed by atoms with van der Waals surface area (Å²) < 4.78 is 55.3. The summed E-state index contributed by atoms with van der Waals surface area (Å²) in [4.78, 5) is 39.1. The Morgan fingerprint density at radius 3 is 2.45 bits per heavy atom. The molecule has 2 aromatic rings. The van der Waals surface area contributed by atoms with Crippen LogP contribution in [0.5, 0.6) is 0 Å². The second-order valence-corrected chi connectivity index (χ2v) is 6.14. The lowest BCUT2D eigenvalue weighted by molar-refractivity contribution is -0.125. The number of amides is 3. The first-order valence-electron chi connectivity index (χ1n) is 7.80. The van der Waals surface area contributed by atoms with Gasteiger partial charge in [0.05, 0.1) is 6.20 Å². The van der Waals surface area contributed by atoms with Gasteiger partial charge in [-0.15, -0.1) is 0 Å². The van der Waals surface area contributed by atoms with Gasteiger partial charge in [0, 0.05) is 5.69 Å². The zero-order chi connectivity index (χ0) is 21.6. The fraction of sp³-hybridized carbons (Fsp3) is 0.250. The molecule has 2 rings (SSSR count). The molecule has 1 aromatic carbocycles. The Labute approximate surface area is 165 Å². The van der Waals surface area contributed by atoms with Crippen molar-refractivity contribution in [3.63, 3.8) is 0 Å². The average Bonchev–Trinajstić information content (AvgIpc) is 3.08. The molecule has 1 heterocycles. The molecule has 0 aliphatic rings. The summed E-state index contributed by atoms with van der Waals surface area (Å²) >= 11 is 1.20. The molecule has 0 saturated heterocycles. The number of nitrogens with one attached hydrogen (secondary N) is 2. The number of carbonyl (C=O) groups excluding carboxylic acids is 3. The maximum Gasteiger partial charge on any atom is 0.405 e. The highest BCUT2D eigenvalue weighted by atomic mass is 32.2. The number of hydrogen-bond donors (Lipinski definition) is 2. The van der Waals surface area contributed by atoms with E-state index in [1.54, 1.807) is 11.6 Å². The van der Waals surface area contributed by atoms with Crippen molar-refractivity contribution >= 4 is 29.7 Å². The van der Waals surface area contributed by atoms with Crippen LogP contribution >= 0.6 is 11.8 Å². The maximum absolute atomic E-state index is 13.1. The molecule has 8 nitrogen and oxygen atoms in total. The van der Waals surface area contributed by atoms with E-state index in [1.807, 2.05) is 0 Å². The molecule has 0 radical (unpaired) electrons. The van der Waals surface area contributed by atoms with Gasteiger partial charge in [0.1, 0.15) is 12.4 Å². The third kappa shape index (κ3) is 6.48.